The number of esters is 1. The summed E-state index contributed by atoms with van der Waals surface area (Å²) in [6.07, 6.45) is 0. The van der Waals surface area contributed by atoms with Crippen LogP contribution in [-0.2, 0) is 11.3 Å². The molecule has 4 nitrogen and oxygen atoms in total. The largest absolute Gasteiger partial charge is 0.496 e. The molecule has 1 aromatic carbocycles. The lowest BCUT2D eigenvalue weighted by Crippen LogP contribution is -2.13. The highest BCUT2D eigenvalue weighted by Gasteiger charge is 2.18. The van der Waals surface area contributed by atoms with Gasteiger partial charge in [0.05, 0.1) is 14.2 Å². The van der Waals surface area contributed by atoms with E-state index in [2.05, 4.69) is 0 Å². The lowest BCUT2D eigenvalue weighted by molar-refractivity contribution is 0.0596. The van der Waals surface area contributed by atoms with Gasteiger partial charge in [0.1, 0.15) is 11.3 Å². The van der Waals surface area contributed by atoms with Crippen molar-refractivity contribution in [3.63, 3.8) is 0 Å². The molecule has 0 fully saturated rings. The molecular weight excluding hydrogens is 242 g/mol. The SMILES string of the molecule is COC(=O)c1cc(Cl)cc(CN(C)C)c1OC. The Kier molecular flexibility index (Phi) is 4.78. The first kappa shape index (κ1) is 13.8. The molecule has 0 N–H and O–H groups in total. The molecule has 0 aromatic heterocycles. The first-order chi connectivity index (χ1) is 7.99. The van der Waals surface area contributed by atoms with E-state index in [4.69, 9.17) is 21.1 Å². The van der Waals surface area contributed by atoms with Crippen molar-refractivity contribution < 1.29 is 14.3 Å². The molecule has 0 aliphatic rings. The second-order valence-corrected chi connectivity index (χ2v) is 4.31. The van der Waals surface area contributed by atoms with Gasteiger partial charge in [-0.3, -0.25) is 0 Å². The minimum Gasteiger partial charge on any atom is -0.496 e. The minimum atomic E-state index is -0.454. The Balaban J connectivity index is 3.29. The van der Waals surface area contributed by atoms with Crippen molar-refractivity contribution in [2.75, 3.05) is 28.3 Å². The van der Waals surface area contributed by atoms with Gasteiger partial charge >= 0.3 is 5.97 Å². The summed E-state index contributed by atoms with van der Waals surface area (Å²) < 4.78 is 9.97. The number of carbonyl (C=O) groups is 1. The standard InChI is InChI=1S/C12H16ClNO3/c1-14(2)7-8-5-9(13)6-10(11(8)16-3)12(15)17-4/h5-6H,7H2,1-4H3. The van der Waals surface area contributed by atoms with Crippen molar-refractivity contribution in [1.29, 1.82) is 0 Å². The van der Waals surface area contributed by atoms with Crippen LogP contribution in [-0.4, -0.2) is 39.2 Å². The first-order valence-electron chi connectivity index (χ1n) is 5.09. The van der Waals surface area contributed by atoms with Crippen LogP contribution in [0, 0.1) is 0 Å². The third-order valence-electron chi connectivity index (χ3n) is 2.23. The third-order valence-corrected chi connectivity index (χ3v) is 2.44. The Hall–Kier alpha value is -1.26. The quantitative estimate of drug-likeness (QED) is 0.775. The molecule has 94 valence electrons. The van der Waals surface area contributed by atoms with Gasteiger partial charge in [-0.2, -0.15) is 0 Å². The van der Waals surface area contributed by atoms with Crippen LogP contribution >= 0.6 is 11.6 Å². The van der Waals surface area contributed by atoms with E-state index >= 15 is 0 Å². The molecule has 0 bridgehead atoms. The molecule has 0 heterocycles. The molecule has 0 atom stereocenters. The van der Waals surface area contributed by atoms with Crippen molar-refractivity contribution in [1.82, 2.24) is 4.90 Å². The Morgan fingerprint density at radius 2 is 2.00 bits per heavy atom. The predicted octanol–water partition coefficient (Wildman–Crippen LogP) is 2.20. The van der Waals surface area contributed by atoms with Gasteiger partial charge in [0.25, 0.3) is 0 Å². The summed E-state index contributed by atoms with van der Waals surface area (Å²) in [7, 11) is 6.71. The number of ether oxygens (including phenoxy) is 2. The fourth-order valence-electron chi connectivity index (χ4n) is 1.61. The highest BCUT2D eigenvalue weighted by Crippen LogP contribution is 2.29. The van der Waals surface area contributed by atoms with Crippen molar-refractivity contribution >= 4 is 17.6 Å². The zero-order valence-corrected chi connectivity index (χ0v) is 11.2. The van der Waals surface area contributed by atoms with E-state index in [0.29, 0.717) is 22.9 Å². The van der Waals surface area contributed by atoms with Crippen LogP contribution in [0.5, 0.6) is 5.75 Å². The van der Waals surface area contributed by atoms with E-state index in [0.717, 1.165) is 5.56 Å². The molecule has 0 spiro atoms. The van der Waals surface area contributed by atoms with Crippen molar-refractivity contribution in [2.24, 2.45) is 0 Å². The Labute approximate surface area is 106 Å². The summed E-state index contributed by atoms with van der Waals surface area (Å²) in [5.74, 6) is 0.0549. The van der Waals surface area contributed by atoms with E-state index < -0.39 is 5.97 Å². The number of methoxy groups -OCH3 is 2. The highest BCUT2D eigenvalue weighted by molar-refractivity contribution is 6.31. The smallest absolute Gasteiger partial charge is 0.341 e. The summed E-state index contributed by atoms with van der Waals surface area (Å²) in [6, 6.07) is 3.33. The summed E-state index contributed by atoms with van der Waals surface area (Å²) in [6.45, 7) is 0.633. The zero-order chi connectivity index (χ0) is 13.0. The molecule has 1 rings (SSSR count). The molecule has 0 amide bonds. The maximum Gasteiger partial charge on any atom is 0.341 e. The first-order valence-corrected chi connectivity index (χ1v) is 5.46. The number of rotatable bonds is 4. The number of hydrogen-bond acceptors (Lipinski definition) is 4. The topological polar surface area (TPSA) is 38.8 Å². The van der Waals surface area contributed by atoms with Gasteiger partial charge < -0.3 is 14.4 Å². The van der Waals surface area contributed by atoms with Gasteiger partial charge in [-0.25, -0.2) is 4.79 Å². The second kappa shape index (κ2) is 5.89. The van der Waals surface area contributed by atoms with Crippen LogP contribution < -0.4 is 4.74 Å². The third kappa shape index (κ3) is 3.35. The maximum absolute atomic E-state index is 11.6. The van der Waals surface area contributed by atoms with Crippen molar-refractivity contribution in [2.45, 2.75) is 6.54 Å². The predicted molar refractivity (Wildman–Crippen MR) is 66.7 cm³/mol. The molecule has 5 heteroatoms. The summed E-state index contributed by atoms with van der Waals surface area (Å²) in [4.78, 5) is 13.6. The molecule has 0 aliphatic heterocycles. The maximum atomic E-state index is 11.6. The van der Waals surface area contributed by atoms with Crippen molar-refractivity contribution in [3.8, 4) is 5.75 Å². The van der Waals surface area contributed by atoms with Crippen LogP contribution in [0.15, 0.2) is 12.1 Å². The minimum absolute atomic E-state index is 0.347. The molecule has 0 aliphatic carbocycles. The lowest BCUT2D eigenvalue weighted by atomic mass is 10.1. The number of hydrogen-bond donors (Lipinski definition) is 0. The molecule has 0 saturated carbocycles. The summed E-state index contributed by atoms with van der Waals surface area (Å²) in [5, 5.41) is 0.489. The Bertz CT molecular complexity index is 418. The van der Waals surface area contributed by atoms with E-state index in [-0.39, 0.29) is 0 Å². The van der Waals surface area contributed by atoms with E-state index in [9.17, 15) is 4.79 Å². The van der Waals surface area contributed by atoms with Gasteiger partial charge in [0, 0.05) is 17.1 Å². The number of nitrogens with zero attached hydrogens (tertiary/aromatic N) is 1. The monoisotopic (exact) mass is 257 g/mol. The highest BCUT2D eigenvalue weighted by atomic mass is 35.5. The van der Waals surface area contributed by atoms with Crippen LogP contribution in [0.2, 0.25) is 5.02 Å². The molecule has 17 heavy (non-hydrogen) atoms. The number of carbonyl (C=O) groups excluding carboxylic acids is 1. The average Bonchev–Trinajstić information content (AvgIpc) is 2.26. The molecule has 0 saturated heterocycles. The van der Waals surface area contributed by atoms with E-state index in [1.54, 1.807) is 12.1 Å². The molecular formula is C12H16ClNO3. The molecule has 0 unspecified atom stereocenters. The van der Waals surface area contributed by atoms with Crippen LogP contribution in [0.25, 0.3) is 0 Å². The zero-order valence-electron chi connectivity index (χ0n) is 10.4. The summed E-state index contributed by atoms with van der Waals surface area (Å²) >= 11 is 5.98. The Morgan fingerprint density at radius 3 is 2.47 bits per heavy atom. The van der Waals surface area contributed by atoms with Crippen molar-refractivity contribution in [3.05, 3.63) is 28.3 Å². The van der Waals surface area contributed by atoms with Gasteiger partial charge in [-0.15, -0.1) is 0 Å². The van der Waals surface area contributed by atoms with Gasteiger partial charge in [-0.05, 0) is 26.2 Å². The van der Waals surface area contributed by atoms with E-state index in [1.807, 2.05) is 19.0 Å². The molecule has 1 aromatic rings. The normalized spacial score (nSPS) is 10.5. The molecule has 0 radical (unpaired) electrons. The second-order valence-electron chi connectivity index (χ2n) is 3.88. The number of benzene rings is 1. The lowest BCUT2D eigenvalue weighted by Gasteiger charge is -2.16. The van der Waals surface area contributed by atoms with Gasteiger partial charge in [-0.1, -0.05) is 11.6 Å². The van der Waals surface area contributed by atoms with Gasteiger partial charge in [0.15, 0.2) is 0 Å². The van der Waals surface area contributed by atoms with Gasteiger partial charge in [0.2, 0.25) is 0 Å². The van der Waals surface area contributed by atoms with Crippen LogP contribution in [0.3, 0.4) is 0 Å². The van der Waals surface area contributed by atoms with Crippen LogP contribution in [0.1, 0.15) is 15.9 Å². The average molecular weight is 258 g/mol. The number of halogens is 1. The Morgan fingerprint density at radius 1 is 1.35 bits per heavy atom. The fourth-order valence-corrected chi connectivity index (χ4v) is 1.85. The fraction of sp³-hybridized carbons (Fsp3) is 0.417. The summed E-state index contributed by atoms with van der Waals surface area (Å²) in [5.41, 5.74) is 1.20. The van der Waals surface area contributed by atoms with E-state index in [1.165, 1.54) is 14.2 Å². The van der Waals surface area contributed by atoms with Crippen LogP contribution in [0.4, 0.5) is 0 Å².